The molecule has 0 bridgehead atoms. The molecular formula is C15H17FN2O2. The van der Waals surface area contributed by atoms with Crippen LogP contribution in [-0.4, -0.2) is 42.5 Å². The van der Waals surface area contributed by atoms with Gasteiger partial charge in [0.2, 0.25) is 0 Å². The van der Waals surface area contributed by atoms with Crippen LogP contribution < -0.4 is 4.90 Å². The molecule has 2 aromatic rings. The van der Waals surface area contributed by atoms with E-state index in [-0.39, 0.29) is 24.6 Å². The molecule has 0 spiro atoms. The number of aliphatic hydroxyl groups excluding tert-OH is 1. The molecule has 0 unspecified atom stereocenters. The number of aromatic nitrogens is 1. The minimum atomic E-state index is -0.294. The maximum atomic E-state index is 13.3. The van der Waals surface area contributed by atoms with Crippen molar-refractivity contribution in [2.45, 2.75) is 18.6 Å². The average molecular weight is 276 g/mol. The molecule has 1 aliphatic heterocycles. The van der Waals surface area contributed by atoms with Crippen LogP contribution in [0.25, 0.3) is 10.9 Å². The smallest absolute Gasteiger partial charge is 0.129 e. The summed E-state index contributed by atoms with van der Waals surface area (Å²) in [4.78, 5) is 6.53. The number of fused-ring (bicyclic) bond motifs is 1. The largest absolute Gasteiger partial charge is 0.394 e. The molecule has 106 valence electrons. The quantitative estimate of drug-likeness (QED) is 0.931. The van der Waals surface area contributed by atoms with Gasteiger partial charge in [-0.3, -0.25) is 0 Å². The number of ether oxygens (including phenoxy) is 1. The molecule has 3 rings (SSSR count). The van der Waals surface area contributed by atoms with Gasteiger partial charge < -0.3 is 14.7 Å². The van der Waals surface area contributed by atoms with Crippen molar-refractivity contribution in [1.82, 2.24) is 4.98 Å². The molecule has 1 aliphatic rings. The third-order valence-electron chi connectivity index (χ3n) is 3.85. The van der Waals surface area contributed by atoms with Gasteiger partial charge in [-0.2, -0.15) is 0 Å². The van der Waals surface area contributed by atoms with E-state index in [9.17, 15) is 9.50 Å². The second-order valence-electron chi connectivity index (χ2n) is 5.09. The van der Waals surface area contributed by atoms with Crippen molar-refractivity contribution in [3.63, 3.8) is 0 Å². The number of anilines is 1. The minimum Gasteiger partial charge on any atom is -0.394 e. The van der Waals surface area contributed by atoms with E-state index in [2.05, 4.69) is 4.98 Å². The Bertz CT molecular complexity index is 620. The van der Waals surface area contributed by atoms with Gasteiger partial charge >= 0.3 is 0 Å². The Morgan fingerprint density at radius 3 is 2.95 bits per heavy atom. The summed E-state index contributed by atoms with van der Waals surface area (Å²) in [6.45, 7) is 0.748. The number of aliphatic hydroxyl groups is 1. The fourth-order valence-electron chi connectivity index (χ4n) is 2.74. The molecule has 4 nitrogen and oxygen atoms in total. The summed E-state index contributed by atoms with van der Waals surface area (Å²) >= 11 is 0. The van der Waals surface area contributed by atoms with Crippen molar-refractivity contribution in [2.75, 3.05) is 25.2 Å². The molecular weight excluding hydrogens is 259 g/mol. The van der Waals surface area contributed by atoms with Crippen LogP contribution >= 0.6 is 0 Å². The van der Waals surface area contributed by atoms with Gasteiger partial charge in [-0.15, -0.1) is 0 Å². The van der Waals surface area contributed by atoms with Crippen molar-refractivity contribution in [3.05, 3.63) is 36.1 Å². The monoisotopic (exact) mass is 276 g/mol. The number of nitrogens with zero attached hydrogens (tertiary/aromatic N) is 2. The second-order valence-corrected chi connectivity index (χ2v) is 5.09. The summed E-state index contributed by atoms with van der Waals surface area (Å²) in [5.74, 6) is 0.457. The van der Waals surface area contributed by atoms with Crippen LogP contribution in [0.5, 0.6) is 0 Å². The highest BCUT2D eigenvalue weighted by Gasteiger charge is 2.32. The average Bonchev–Trinajstić information content (AvgIpc) is 2.89. The Morgan fingerprint density at radius 1 is 1.40 bits per heavy atom. The van der Waals surface area contributed by atoms with Crippen molar-refractivity contribution >= 4 is 16.7 Å². The van der Waals surface area contributed by atoms with Crippen molar-refractivity contribution in [2.24, 2.45) is 0 Å². The minimum absolute atomic E-state index is 0.00143. The maximum absolute atomic E-state index is 13.3. The molecule has 1 aromatic carbocycles. The number of benzene rings is 1. The lowest BCUT2D eigenvalue weighted by atomic mass is 10.2. The molecule has 1 fully saturated rings. The third kappa shape index (κ3) is 2.34. The third-order valence-corrected chi connectivity index (χ3v) is 3.85. The molecule has 0 radical (unpaired) electrons. The molecule has 1 saturated heterocycles. The second kappa shape index (κ2) is 5.34. The Hall–Kier alpha value is -1.72. The van der Waals surface area contributed by atoms with Crippen molar-refractivity contribution in [3.8, 4) is 0 Å². The van der Waals surface area contributed by atoms with Gasteiger partial charge in [-0.1, -0.05) is 0 Å². The summed E-state index contributed by atoms with van der Waals surface area (Å²) in [5, 5.41) is 10.4. The molecule has 0 saturated carbocycles. The van der Waals surface area contributed by atoms with Gasteiger partial charge in [0.05, 0.1) is 24.3 Å². The maximum Gasteiger partial charge on any atom is 0.129 e. The molecule has 2 atom stereocenters. The number of methoxy groups -OCH3 is 1. The molecule has 0 amide bonds. The Morgan fingerprint density at radius 2 is 2.20 bits per heavy atom. The van der Waals surface area contributed by atoms with Gasteiger partial charge in [0, 0.05) is 25.1 Å². The number of halogens is 1. The summed E-state index contributed by atoms with van der Waals surface area (Å²) in [7, 11) is 1.67. The Labute approximate surface area is 116 Å². The van der Waals surface area contributed by atoms with Crippen LogP contribution in [0.3, 0.4) is 0 Å². The number of hydrogen-bond donors (Lipinski definition) is 1. The molecule has 20 heavy (non-hydrogen) atoms. The van der Waals surface area contributed by atoms with Crippen LogP contribution in [0.2, 0.25) is 0 Å². The lowest BCUT2D eigenvalue weighted by Crippen LogP contribution is -2.33. The van der Waals surface area contributed by atoms with Gasteiger partial charge in [0.15, 0.2) is 0 Å². The highest BCUT2D eigenvalue weighted by molar-refractivity contribution is 5.80. The molecule has 1 aromatic heterocycles. The molecule has 2 heterocycles. The summed E-state index contributed by atoms with van der Waals surface area (Å²) in [6, 6.07) is 8.39. The van der Waals surface area contributed by atoms with Crippen LogP contribution in [0.4, 0.5) is 10.2 Å². The van der Waals surface area contributed by atoms with Crippen LogP contribution in [0, 0.1) is 5.82 Å². The normalized spacial score (nSPS) is 22.6. The van der Waals surface area contributed by atoms with Gasteiger partial charge in [-0.05, 0) is 30.7 Å². The van der Waals surface area contributed by atoms with E-state index in [1.54, 1.807) is 13.2 Å². The van der Waals surface area contributed by atoms with Crippen molar-refractivity contribution < 1.29 is 14.2 Å². The predicted octanol–water partition coefficient (Wildman–Crippen LogP) is 1.96. The number of pyridine rings is 1. The fraction of sp³-hybridized carbons (Fsp3) is 0.400. The van der Waals surface area contributed by atoms with Gasteiger partial charge in [-0.25, -0.2) is 9.37 Å². The zero-order chi connectivity index (χ0) is 14.1. The molecule has 5 heteroatoms. The molecule has 1 N–H and O–H groups in total. The van der Waals surface area contributed by atoms with Crippen LogP contribution in [-0.2, 0) is 4.74 Å². The lowest BCUT2D eigenvalue weighted by molar-refractivity contribution is 0.115. The first-order valence-electron chi connectivity index (χ1n) is 6.68. The van der Waals surface area contributed by atoms with Crippen LogP contribution in [0.1, 0.15) is 6.42 Å². The highest BCUT2D eigenvalue weighted by Crippen LogP contribution is 2.27. The van der Waals surface area contributed by atoms with E-state index < -0.39 is 0 Å². The van der Waals surface area contributed by atoms with E-state index in [1.807, 2.05) is 17.0 Å². The standard InChI is InChI=1S/C15H17FN2O2/c1-20-13-7-12(9-19)18(8-13)15-5-3-10-2-4-11(16)6-14(10)17-15/h2-6,12-13,19H,7-9H2,1H3/t12-,13-/m0/s1. The topological polar surface area (TPSA) is 45.6 Å². The van der Waals surface area contributed by atoms with E-state index in [1.165, 1.54) is 12.1 Å². The first-order valence-corrected chi connectivity index (χ1v) is 6.68. The lowest BCUT2D eigenvalue weighted by Gasteiger charge is -2.24. The highest BCUT2D eigenvalue weighted by atomic mass is 19.1. The van der Waals surface area contributed by atoms with E-state index >= 15 is 0 Å². The first kappa shape index (κ1) is 13.3. The Kier molecular flexibility index (Phi) is 3.54. The van der Waals surface area contributed by atoms with Gasteiger partial charge in [0.1, 0.15) is 11.6 Å². The SMILES string of the molecule is CO[C@H]1C[C@@H](CO)N(c2ccc3ccc(F)cc3n2)C1. The summed E-state index contributed by atoms with van der Waals surface area (Å²) in [6.07, 6.45) is 0.868. The first-order chi connectivity index (χ1) is 9.71. The van der Waals surface area contributed by atoms with E-state index in [4.69, 9.17) is 4.74 Å². The Balaban J connectivity index is 1.96. The van der Waals surface area contributed by atoms with E-state index in [0.717, 1.165) is 17.6 Å². The fourth-order valence-corrected chi connectivity index (χ4v) is 2.74. The van der Waals surface area contributed by atoms with Gasteiger partial charge in [0.25, 0.3) is 0 Å². The van der Waals surface area contributed by atoms with E-state index in [0.29, 0.717) is 12.1 Å². The summed E-state index contributed by atoms with van der Waals surface area (Å²) < 4.78 is 18.7. The predicted molar refractivity (Wildman–Crippen MR) is 75.3 cm³/mol. The zero-order valence-electron chi connectivity index (χ0n) is 11.3. The zero-order valence-corrected chi connectivity index (χ0v) is 11.3. The van der Waals surface area contributed by atoms with Crippen molar-refractivity contribution in [1.29, 1.82) is 0 Å². The molecule has 0 aliphatic carbocycles. The van der Waals surface area contributed by atoms with Crippen LogP contribution in [0.15, 0.2) is 30.3 Å². The summed E-state index contributed by atoms with van der Waals surface area (Å²) in [5.41, 5.74) is 0.625. The number of rotatable bonds is 3. The number of hydrogen-bond acceptors (Lipinski definition) is 4.